The predicted octanol–water partition coefficient (Wildman–Crippen LogP) is 2.25. The molecular formula is C13H14FN3O3S. The fourth-order valence-electron chi connectivity index (χ4n) is 2.22. The third-order valence-corrected chi connectivity index (χ3v) is 4.90. The average Bonchev–Trinajstić information content (AvgIpc) is 2.82. The molecule has 1 aromatic heterocycles. The van der Waals surface area contributed by atoms with Crippen molar-refractivity contribution in [1.29, 1.82) is 0 Å². The molecule has 112 valence electrons. The van der Waals surface area contributed by atoms with Gasteiger partial charge < -0.3 is 5.11 Å². The van der Waals surface area contributed by atoms with E-state index in [4.69, 9.17) is 0 Å². The number of halogens is 1. The Labute approximate surface area is 121 Å². The van der Waals surface area contributed by atoms with Gasteiger partial charge in [-0.1, -0.05) is 6.07 Å². The van der Waals surface area contributed by atoms with Crippen LogP contribution in [-0.4, -0.2) is 23.3 Å². The molecule has 0 spiro atoms. The van der Waals surface area contributed by atoms with Crippen LogP contribution in [0, 0.1) is 5.82 Å². The zero-order chi connectivity index (χ0) is 15.0. The van der Waals surface area contributed by atoms with Crippen molar-refractivity contribution in [2.24, 2.45) is 0 Å². The molecule has 1 aliphatic rings. The smallest absolute Gasteiger partial charge is 0.279 e. The van der Waals surface area contributed by atoms with Crippen LogP contribution >= 0.6 is 0 Å². The van der Waals surface area contributed by atoms with Crippen molar-refractivity contribution >= 4 is 15.7 Å². The maximum atomic E-state index is 13.6. The highest BCUT2D eigenvalue weighted by Crippen LogP contribution is 2.34. The number of para-hydroxylation sites is 1. The Hall–Kier alpha value is -2.09. The van der Waals surface area contributed by atoms with E-state index in [-0.39, 0.29) is 11.1 Å². The molecule has 0 amide bonds. The molecule has 8 heteroatoms. The molecule has 0 atom stereocenters. The van der Waals surface area contributed by atoms with Crippen molar-refractivity contribution in [3.05, 3.63) is 36.3 Å². The van der Waals surface area contributed by atoms with E-state index in [9.17, 15) is 17.9 Å². The highest BCUT2D eigenvalue weighted by molar-refractivity contribution is 7.92. The SMILES string of the molecule is O=S(=O)(Nc1c(O)cccc1F)c1ccnn1C1CCC1. The first kappa shape index (κ1) is 13.9. The molecule has 0 saturated heterocycles. The molecule has 2 aromatic rings. The van der Waals surface area contributed by atoms with Crippen molar-refractivity contribution < 1.29 is 17.9 Å². The van der Waals surface area contributed by atoms with Crippen LogP contribution in [-0.2, 0) is 10.0 Å². The van der Waals surface area contributed by atoms with E-state index in [1.807, 2.05) is 0 Å². The van der Waals surface area contributed by atoms with Gasteiger partial charge in [0.25, 0.3) is 10.0 Å². The number of benzene rings is 1. The van der Waals surface area contributed by atoms with Crippen molar-refractivity contribution in [3.63, 3.8) is 0 Å². The van der Waals surface area contributed by atoms with Crippen LogP contribution in [0.5, 0.6) is 5.75 Å². The lowest BCUT2D eigenvalue weighted by atomic mass is 9.93. The van der Waals surface area contributed by atoms with Gasteiger partial charge in [-0.25, -0.2) is 9.07 Å². The number of nitrogens with zero attached hydrogens (tertiary/aromatic N) is 2. The molecule has 1 heterocycles. The Morgan fingerprint density at radius 2 is 2.10 bits per heavy atom. The molecule has 0 radical (unpaired) electrons. The molecule has 1 aliphatic carbocycles. The number of aromatic hydroxyl groups is 1. The first-order chi connectivity index (χ1) is 9.99. The molecular weight excluding hydrogens is 297 g/mol. The molecule has 0 bridgehead atoms. The summed E-state index contributed by atoms with van der Waals surface area (Å²) in [4.78, 5) is 0. The van der Waals surface area contributed by atoms with Gasteiger partial charge in [0.2, 0.25) is 0 Å². The molecule has 3 rings (SSSR count). The summed E-state index contributed by atoms with van der Waals surface area (Å²) in [6.45, 7) is 0. The number of phenols is 1. The summed E-state index contributed by atoms with van der Waals surface area (Å²) >= 11 is 0. The third-order valence-electron chi connectivity index (χ3n) is 3.56. The minimum atomic E-state index is -4.02. The van der Waals surface area contributed by atoms with Crippen LogP contribution in [0.4, 0.5) is 10.1 Å². The van der Waals surface area contributed by atoms with E-state index < -0.39 is 27.3 Å². The number of sulfonamides is 1. The molecule has 2 N–H and O–H groups in total. The number of phenolic OH excluding ortho intramolecular Hbond substituents is 1. The van der Waals surface area contributed by atoms with Gasteiger partial charge in [0.05, 0.1) is 12.2 Å². The highest BCUT2D eigenvalue weighted by atomic mass is 32.2. The van der Waals surface area contributed by atoms with Gasteiger partial charge in [0.15, 0.2) is 10.8 Å². The standard InChI is InChI=1S/C13H14FN3O3S/c14-10-5-2-6-11(18)13(10)16-21(19,20)12-7-8-15-17(12)9-3-1-4-9/h2,5-9,16,18H,1,3-4H2. The van der Waals surface area contributed by atoms with Crippen LogP contribution < -0.4 is 4.72 Å². The summed E-state index contributed by atoms with van der Waals surface area (Å²) in [5, 5.41) is 13.6. The zero-order valence-corrected chi connectivity index (χ0v) is 11.8. The third kappa shape index (κ3) is 2.46. The summed E-state index contributed by atoms with van der Waals surface area (Å²) in [7, 11) is -4.02. The lowest BCUT2D eigenvalue weighted by Crippen LogP contribution is -2.25. The first-order valence-corrected chi connectivity index (χ1v) is 8.01. The van der Waals surface area contributed by atoms with Crippen LogP contribution in [0.15, 0.2) is 35.5 Å². The quantitative estimate of drug-likeness (QED) is 0.848. The maximum Gasteiger partial charge on any atom is 0.279 e. The van der Waals surface area contributed by atoms with Crippen LogP contribution in [0.25, 0.3) is 0 Å². The van der Waals surface area contributed by atoms with Crippen LogP contribution in [0.1, 0.15) is 25.3 Å². The fraction of sp³-hybridized carbons (Fsp3) is 0.308. The minimum absolute atomic E-state index is 0.0325. The lowest BCUT2D eigenvalue weighted by molar-refractivity contribution is 0.271. The van der Waals surface area contributed by atoms with Crippen molar-refractivity contribution in [3.8, 4) is 5.75 Å². The molecule has 1 fully saturated rings. The van der Waals surface area contributed by atoms with Crippen molar-refractivity contribution in [2.75, 3.05) is 4.72 Å². The summed E-state index contributed by atoms with van der Waals surface area (Å²) in [5.41, 5.74) is -0.459. The molecule has 21 heavy (non-hydrogen) atoms. The number of nitrogens with one attached hydrogen (secondary N) is 1. The topological polar surface area (TPSA) is 84.2 Å². The summed E-state index contributed by atoms with van der Waals surface area (Å²) in [5.74, 6) is -1.30. The predicted molar refractivity (Wildman–Crippen MR) is 74.0 cm³/mol. The first-order valence-electron chi connectivity index (χ1n) is 6.53. The number of rotatable bonds is 4. The Kier molecular flexibility index (Phi) is 3.32. The maximum absolute atomic E-state index is 13.6. The second-order valence-corrected chi connectivity index (χ2v) is 6.57. The minimum Gasteiger partial charge on any atom is -0.506 e. The monoisotopic (exact) mass is 311 g/mol. The Morgan fingerprint density at radius 3 is 2.71 bits per heavy atom. The van der Waals surface area contributed by atoms with Gasteiger partial charge in [0, 0.05) is 0 Å². The van der Waals surface area contributed by atoms with Gasteiger partial charge in [-0.05, 0) is 37.5 Å². The molecule has 0 unspecified atom stereocenters. The van der Waals surface area contributed by atoms with Gasteiger partial charge >= 0.3 is 0 Å². The van der Waals surface area contributed by atoms with Gasteiger partial charge in [0.1, 0.15) is 11.4 Å². The van der Waals surface area contributed by atoms with Crippen LogP contribution in [0.3, 0.4) is 0 Å². The van der Waals surface area contributed by atoms with E-state index >= 15 is 0 Å². The molecule has 6 nitrogen and oxygen atoms in total. The van der Waals surface area contributed by atoms with E-state index in [1.54, 1.807) is 0 Å². The van der Waals surface area contributed by atoms with E-state index in [2.05, 4.69) is 9.82 Å². The number of hydrogen-bond acceptors (Lipinski definition) is 4. The number of hydrogen-bond donors (Lipinski definition) is 2. The van der Waals surface area contributed by atoms with Gasteiger partial charge in [-0.15, -0.1) is 0 Å². The number of anilines is 1. The number of aromatic nitrogens is 2. The summed E-state index contributed by atoms with van der Waals surface area (Å²) < 4.78 is 41.9. The summed E-state index contributed by atoms with van der Waals surface area (Å²) in [6.07, 6.45) is 4.17. The highest BCUT2D eigenvalue weighted by Gasteiger charge is 2.28. The lowest BCUT2D eigenvalue weighted by Gasteiger charge is -2.27. The fourth-order valence-corrected chi connectivity index (χ4v) is 3.48. The van der Waals surface area contributed by atoms with Crippen LogP contribution in [0.2, 0.25) is 0 Å². The van der Waals surface area contributed by atoms with Gasteiger partial charge in [-0.3, -0.25) is 4.72 Å². The zero-order valence-electron chi connectivity index (χ0n) is 11.0. The van der Waals surface area contributed by atoms with Crippen molar-refractivity contribution in [1.82, 2.24) is 9.78 Å². The van der Waals surface area contributed by atoms with E-state index in [0.29, 0.717) is 0 Å². The molecule has 1 aromatic carbocycles. The second-order valence-electron chi connectivity index (χ2n) is 4.94. The van der Waals surface area contributed by atoms with Gasteiger partial charge in [-0.2, -0.15) is 13.5 Å². The average molecular weight is 311 g/mol. The largest absolute Gasteiger partial charge is 0.506 e. The summed E-state index contributed by atoms with van der Waals surface area (Å²) in [6, 6.07) is 4.99. The molecule has 1 saturated carbocycles. The van der Waals surface area contributed by atoms with E-state index in [0.717, 1.165) is 25.3 Å². The Morgan fingerprint density at radius 1 is 1.33 bits per heavy atom. The molecule has 0 aliphatic heterocycles. The van der Waals surface area contributed by atoms with E-state index in [1.165, 1.54) is 29.1 Å². The van der Waals surface area contributed by atoms with Crippen molar-refractivity contribution in [2.45, 2.75) is 30.3 Å². The second kappa shape index (κ2) is 5.03. The Bertz CT molecular complexity index is 748. The Balaban J connectivity index is 1.96. The normalized spacial score (nSPS) is 15.7.